The van der Waals surface area contributed by atoms with Crippen LogP contribution >= 0.6 is 0 Å². The van der Waals surface area contributed by atoms with Gasteiger partial charge in [0.05, 0.1) is 47.8 Å². The van der Waals surface area contributed by atoms with E-state index in [-0.39, 0.29) is 11.1 Å². The Kier molecular flexibility index (Phi) is 7.12. The standard InChI is InChI=1S/C24H22N4O6/c1-33-23(31)13-5-3-7-15(9-13)27-19-11-17(21(25)29)18(22(26)30)12-20(19)28-16-8-4-6-14(10-16)24(32)34-2/h3-12,27-28H,1-2H3,(H2,25,29)(H2,26,30). The second-order valence-corrected chi connectivity index (χ2v) is 7.07. The lowest BCUT2D eigenvalue weighted by molar-refractivity contribution is 0.0592. The lowest BCUT2D eigenvalue weighted by Crippen LogP contribution is -2.21. The van der Waals surface area contributed by atoms with Crippen molar-refractivity contribution in [3.63, 3.8) is 0 Å². The van der Waals surface area contributed by atoms with E-state index in [0.29, 0.717) is 33.9 Å². The van der Waals surface area contributed by atoms with Gasteiger partial charge in [0, 0.05) is 11.4 Å². The molecule has 34 heavy (non-hydrogen) atoms. The van der Waals surface area contributed by atoms with Gasteiger partial charge in [-0.1, -0.05) is 12.1 Å². The fourth-order valence-corrected chi connectivity index (χ4v) is 3.21. The molecule has 0 aliphatic carbocycles. The molecule has 3 aromatic carbocycles. The van der Waals surface area contributed by atoms with Crippen molar-refractivity contribution in [2.24, 2.45) is 11.5 Å². The van der Waals surface area contributed by atoms with Gasteiger partial charge in [-0.2, -0.15) is 0 Å². The van der Waals surface area contributed by atoms with Gasteiger partial charge < -0.3 is 31.6 Å². The zero-order valence-corrected chi connectivity index (χ0v) is 18.4. The van der Waals surface area contributed by atoms with E-state index >= 15 is 0 Å². The molecule has 0 aromatic heterocycles. The summed E-state index contributed by atoms with van der Waals surface area (Å²) >= 11 is 0. The Hall–Kier alpha value is -4.86. The van der Waals surface area contributed by atoms with Crippen LogP contribution in [0.1, 0.15) is 41.4 Å². The monoisotopic (exact) mass is 462 g/mol. The summed E-state index contributed by atoms with van der Waals surface area (Å²) in [5.41, 5.74) is 13.0. The van der Waals surface area contributed by atoms with Gasteiger partial charge in [0.25, 0.3) is 0 Å². The smallest absolute Gasteiger partial charge is 0.337 e. The molecule has 3 aromatic rings. The molecule has 0 bridgehead atoms. The van der Waals surface area contributed by atoms with Crippen LogP contribution in [-0.2, 0) is 9.47 Å². The van der Waals surface area contributed by atoms with Crippen LogP contribution in [0.25, 0.3) is 0 Å². The highest BCUT2D eigenvalue weighted by atomic mass is 16.5. The largest absolute Gasteiger partial charge is 0.465 e. The number of nitrogens with two attached hydrogens (primary N) is 2. The summed E-state index contributed by atoms with van der Waals surface area (Å²) in [6.45, 7) is 0. The number of carbonyl (C=O) groups is 4. The number of esters is 2. The highest BCUT2D eigenvalue weighted by molar-refractivity contribution is 6.08. The van der Waals surface area contributed by atoms with E-state index in [9.17, 15) is 19.2 Å². The van der Waals surface area contributed by atoms with E-state index in [0.717, 1.165) is 0 Å². The average molecular weight is 462 g/mol. The van der Waals surface area contributed by atoms with Crippen LogP contribution in [0.3, 0.4) is 0 Å². The van der Waals surface area contributed by atoms with Crippen LogP contribution in [0.2, 0.25) is 0 Å². The molecule has 0 radical (unpaired) electrons. The predicted octanol–water partition coefficient (Wildman–Crippen LogP) is 2.94. The summed E-state index contributed by atoms with van der Waals surface area (Å²) < 4.78 is 9.49. The Balaban J connectivity index is 2.10. The van der Waals surface area contributed by atoms with Crippen molar-refractivity contribution < 1.29 is 28.7 Å². The molecule has 3 rings (SSSR count). The predicted molar refractivity (Wildman–Crippen MR) is 126 cm³/mol. The number of hydrogen-bond acceptors (Lipinski definition) is 8. The number of methoxy groups -OCH3 is 2. The summed E-state index contributed by atoms with van der Waals surface area (Å²) in [5, 5.41) is 6.20. The minimum atomic E-state index is -0.848. The van der Waals surface area contributed by atoms with Crippen molar-refractivity contribution in [3.05, 3.63) is 82.9 Å². The highest BCUT2D eigenvalue weighted by Crippen LogP contribution is 2.32. The molecule has 0 saturated carbocycles. The molecule has 10 heteroatoms. The number of nitrogens with one attached hydrogen (secondary N) is 2. The number of rotatable bonds is 8. The van der Waals surface area contributed by atoms with Crippen LogP contribution < -0.4 is 22.1 Å². The topological polar surface area (TPSA) is 163 Å². The number of benzene rings is 3. The molecule has 174 valence electrons. The molecule has 2 amide bonds. The first-order chi connectivity index (χ1) is 16.2. The molecule has 0 atom stereocenters. The number of amides is 2. The molecular weight excluding hydrogens is 440 g/mol. The van der Waals surface area contributed by atoms with Crippen LogP contribution in [0.15, 0.2) is 60.7 Å². The molecule has 6 N–H and O–H groups in total. The molecule has 0 aliphatic rings. The van der Waals surface area contributed by atoms with E-state index in [1.165, 1.54) is 26.4 Å². The summed E-state index contributed by atoms with van der Waals surface area (Å²) in [5.74, 6) is -2.74. The van der Waals surface area contributed by atoms with Crippen LogP contribution in [0.5, 0.6) is 0 Å². The van der Waals surface area contributed by atoms with Crippen LogP contribution in [0.4, 0.5) is 22.7 Å². The van der Waals surface area contributed by atoms with Gasteiger partial charge in [0.1, 0.15) is 0 Å². The summed E-state index contributed by atoms with van der Waals surface area (Å²) in [6.07, 6.45) is 0. The highest BCUT2D eigenvalue weighted by Gasteiger charge is 2.18. The molecule has 0 heterocycles. The van der Waals surface area contributed by atoms with E-state index < -0.39 is 23.8 Å². The van der Waals surface area contributed by atoms with Gasteiger partial charge >= 0.3 is 11.9 Å². The van der Waals surface area contributed by atoms with Gasteiger partial charge in [-0.15, -0.1) is 0 Å². The first-order valence-electron chi connectivity index (χ1n) is 9.92. The van der Waals surface area contributed by atoms with Crippen molar-refractivity contribution in [1.82, 2.24) is 0 Å². The fraction of sp³-hybridized carbons (Fsp3) is 0.0833. The maximum absolute atomic E-state index is 12.0. The molecule has 0 unspecified atom stereocenters. The van der Waals surface area contributed by atoms with E-state index in [1.54, 1.807) is 48.5 Å². The second-order valence-electron chi connectivity index (χ2n) is 7.07. The van der Waals surface area contributed by atoms with Crippen molar-refractivity contribution in [3.8, 4) is 0 Å². The Morgan fingerprint density at radius 3 is 1.35 bits per heavy atom. The quantitative estimate of drug-likeness (QED) is 0.371. The Morgan fingerprint density at radius 2 is 1.03 bits per heavy atom. The summed E-state index contributed by atoms with van der Waals surface area (Å²) in [7, 11) is 2.54. The summed E-state index contributed by atoms with van der Waals surface area (Å²) in [4.78, 5) is 47.8. The average Bonchev–Trinajstić information content (AvgIpc) is 2.83. The Labute approximate surface area is 194 Å². The molecule has 0 saturated heterocycles. The van der Waals surface area contributed by atoms with Gasteiger partial charge in [-0.05, 0) is 48.5 Å². The Morgan fingerprint density at radius 1 is 0.647 bits per heavy atom. The molecule has 0 fully saturated rings. The lowest BCUT2D eigenvalue weighted by atomic mass is 10.0. The molecule has 10 nitrogen and oxygen atoms in total. The van der Waals surface area contributed by atoms with Gasteiger partial charge in [0.2, 0.25) is 11.8 Å². The minimum Gasteiger partial charge on any atom is -0.465 e. The van der Waals surface area contributed by atoms with Crippen molar-refractivity contribution in [2.75, 3.05) is 24.9 Å². The number of hydrogen-bond donors (Lipinski definition) is 4. The third-order valence-electron chi connectivity index (χ3n) is 4.81. The van der Waals surface area contributed by atoms with E-state index in [2.05, 4.69) is 10.6 Å². The third kappa shape index (κ3) is 5.30. The van der Waals surface area contributed by atoms with Crippen molar-refractivity contribution >= 4 is 46.5 Å². The zero-order chi connectivity index (χ0) is 24.8. The zero-order valence-electron chi connectivity index (χ0n) is 18.4. The summed E-state index contributed by atoms with van der Waals surface area (Å²) in [6, 6.07) is 15.7. The van der Waals surface area contributed by atoms with Gasteiger partial charge in [-0.25, -0.2) is 9.59 Å². The van der Waals surface area contributed by atoms with Gasteiger partial charge in [0.15, 0.2) is 0 Å². The third-order valence-corrected chi connectivity index (χ3v) is 4.81. The lowest BCUT2D eigenvalue weighted by Gasteiger charge is -2.18. The SMILES string of the molecule is COC(=O)c1cccc(Nc2cc(C(N)=O)c(C(N)=O)cc2Nc2cccc(C(=O)OC)c2)c1. The van der Waals surface area contributed by atoms with E-state index in [1.807, 2.05) is 0 Å². The van der Waals surface area contributed by atoms with Crippen LogP contribution in [-0.4, -0.2) is 38.0 Å². The first-order valence-corrected chi connectivity index (χ1v) is 9.92. The van der Waals surface area contributed by atoms with Crippen LogP contribution in [0, 0.1) is 0 Å². The van der Waals surface area contributed by atoms with Crippen molar-refractivity contribution in [2.45, 2.75) is 0 Å². The molecule has 0 spiro atoms. The van der Waals surface area contributed by atoms with Gasteiger partial charge in [-0.3, -0.25) is 9.59 Å². The Bertz CT molecular complexity index is 1190. The number of anilines is 4. The molecule has 0 aliphatic heterocycles. The fourth-order valence-electron chi connectivity index (χ4n) is 3.21. The first kappa shape index (κ1) is 23.8. The second kappa shape index (κ2) is 10.2. The number of primary amides is 2. The van der Waals surface area contributed by atoms with E-state index in [4.69, 9.17) is 20.9 Å². The minimum absolute atomic E-state index is 0.0898. The molecular formula is C24H22N4O6. The maximum atomic E-state index is 12.0. The maximum Gasteiger partial charge on any atom is 0.337 e. The van der Waals surface area contributed by atoms with Crippen molar-refractivity contribution in [1.29, 1.82) is 0 Å². The normalized spacial score (nSPS) is 10.2. The number of carbonyl (C=O) groups excluding carboxylic acids is 4. The number of ether oxygens (including phenoxy) is 2.